The first kappa shape index (κ1) is 38.1. The van der Waals surface area contributed by atoms with Gasteiger partial charge in [-0.2, -0.15) is 5.10 Å². The Bertz CT molecular complexity index is 1710. The first-order chi connectivity index (χ1) is 24.3. The summed E-state index contributed by atoms with van der Waals surface area (Å²) in [6.45, 7) is 7.12. The molecule has 1 aromatic heterocycles. The molecule has 3 fully saturated rings. The zero-order chi connectivity index (χ0) is 35.0. The minimum absolute atomic E-state index is 0. The summed E-state index contributed by atoms with van der Waals surface area (Å²) in [6.07, 6.45) is 10.2. The van der Waals surface area contributed by atoms with Crippen LogP contribution < -0.4 is 5.56 Å². The van der Waals surface area contributed by atoms with Crippen LogP contribution >= 0.6 is 0 Å². The van der Waals surface area contributed by atoms with Gasteiger partial charge in [0.25, 0.3) is 11.5 Å². The van der Waals surface area contributed by atoms with Gasteiger partial charge in [0.1, 0.15) is 5.82 Å². The van der Waals surface area contributed by atoms with Gasteiger partial charge in [0, 0.05) is 64.0 Å². The lowest BCUT2D eigenvalue weighted by Crippen LogP contribution is -2.53. The number of likely N-dealkylation sites (tertiary alicyclic amines) is 1. The van der Waals surface area contributed by atoms with Crippen molar-refractivity contribution in [2.75, 3.05) is 58.9 Å². The topological polar surface area (TPSA) is 110 Å². The highest BCUT2D eigenvalue weighted by atomic mass is 19.1. The summed E-state index contributed by atoms with van der Waals surface area (Å²) in [5.41, 5.74) is 1.06. The Labute approximate surface area is 301 Å². The molecule has 3 aromatic rings. The largest absolute Gasteiger partial charge is 0.342 e. The summed E-state index contributed by atoms with van der Waals surface area (Å²) in [6, 6.07) is 11.7. The van der Waals surface area contributed by atoms with Crippen LogP contribution in [-0.2, 0) is 16.0 Å². The first-order valence-corrected chi connectivity index (χ1v) is 18.6. The molecule has 51 heavy (non-hydrogen) atoms. The second-order valence-corrected chi connectivity index (χ2v) is 14.5. The molecule has 1 unspecified atom stereocenters. The molecule has 0 spiro atoms. The summed E-state index contributed by atoms with van der Waals surface area (Å²) in [5.74, 6) is 0.251. The molecule has 1 N–H and O–H groups in total. The Kier molecular flexibility index (Phi) is 13.4. The maximum absolute atomic E-state index is 15.0. The molecule has 276 valence electrons. The van der Waals surface area contributed by atoms with Crippen molar-refractivity contribution in [2.24, 2.45) is 11.8 Å². The second kappa shape index (κ2) is 17.9. The first-order valence-electron chi connectivity index (χ1n) is 18.6. The lowest BCUT2D eigenvalue weighted by atomic mass is 9.86. The van der Waals surface area contributed by atoms with Crippen LogP contribution in [0.4, 0.5) is 4.39 Å². The molecular weight excluding hydrogens is 647 g/mol. The number of rotatable bonds is 11. The highest BCUT2D eigenvalue weighted by Gasteiger charge is 2.30. The number of amides is 3. The van der Waals surface area contributed by atoms with E-state index < -0.39 is 11.7 Å². The van der Waals surface area contributed by atoms with E-state index in [-0.39, 0.29) is 24.5 Å². The number of H-pyrrole nitrogens is 1. The maximum atomic E-state index is 15.0. The van der Waals surface area contributed by atoms with Gasteiger partial charge >= 0.3 is 0 Å². The number of piperidine rings is 1. The molecule has 0 radical (unpaired) electrons. The molecule has 1 atom stereocenters. The number of carbonyl (C=O) groups excluding carboxylic acids is 3. The van der Waals surface area contributed by atoms with Crippen LogP contribution in [0.3, 0.4) is 0 Å². The Morgan fingerprint density at radius 2 is 1.57 bits per heavy atom. The number of aromatic nitrogens is 2. The molecule has 11 heteroatoms. The molecule has 3 heterocycles. The van der Waals surface area contributed by atoms with E-state index in [1.807, 2.05) is 17.0 Å². The van der Waals surface area contributed by atoms with Crippen molar-refractivity contribution in [3.63, 3.8) is 0 Å². The zero-order valence-electron chi connectivity index (χ0n) is 29.4. The van der Waals surface area contributed by atoms with Gasteiger partial charge in [0.05, 0.1) is 23.2 Å². The molecule has 2 saturated heterocycles. The van der Waals surface area contributed by atoms with Gasteiger partial charge in [-0.15, -0.1) is 0 Å². The molecule has 1 saturated carbocycles. The fourth-order valence-electron chi connectivity index (χ4n) is 8.09. The van der Waals surface area contributed by atoms with Crippen molar-refractivity contribution < 1.29 is 18.8 Å². The summed E-state index contributed by atoms with van der Waals surface area (Å²) < 4.78 is 15.0. The van der Waals surface area contributed by atoms with Crippen molar-refractivity contribution >= 4 is 28.5 Å². The summed E-state index contributed by atoms with van der Waals surface area (Å²) in [4.78, 5) is 60.1. The fraction of sp³-hybridized carbons (Fsp3) is 0.575. The average Bonchev–Trinajstić information content (AvgIpc) is 3.14. The number of aromatic amines is 1. The van der Waals surface area contributed by atoms with Gasteiger partial charge in [-0.05, 0) is 74.2 Å². The van der Waals surface area contributed by atoms with Crippen molar-refractivity contribution in [1.29, 1.82) is 0 Å². The van der Waals surface area contributed by atoms with Crippen LogP contribution in [-0.4, -0.2) is 106 Å². The Morgan fingerprint density at radius 1 is 0.863 bits per heavy atom. The van der Waals surface area contributed by atoms with E-state index in [0.29, 0.717) is 85.3 Å². The molecule has 1 aliphatic carbocycles. The molecule has 2 aliphatic heterocycles. The third kappa shape index (κ3) is 9.61. The monoisotopic (exact) mass is 702 g/mol. The Morgan fingerprint density at radius 3 is 2.31 bits per heavy atom. The molecule has 3 aliphatic rings. The number of hydrogen-bond donors (Lipinski definition) is 1. The van der Waals surface area contributed by atoms with E-state index in [1.165, 1.54) is 38.2 Å². The third-order valence-electron chi connectivity index (χ3n) is 10.8. The highest BCUT2D eigenvalue weighted by Crippen LogP contribution is 2.28. The third-order valence-corrected chi connectivity index (χ3v) is 10.8. The lowest BCUT2D eigenvalue weighted by molar-refractivity contribution is -0.136. The van der Waals surface area contributed by atoms with E-state index in [2.05, 4.69) is 26.9 Å². The summed E-state index contributed by atoms with van der Waals surface area (Å²) >= 11 is 0. The van der Waals surface area contributed by atoms with Crippen molar-refractivity contribution in [2.45, 2.75) is 78.6 Å². The second-order valence-electron chi connectivity index (χ2n) is 14.5. The predicted octanol–water partition coefficient (Wildman–Crippen LogP) is 5.49. The van der Waals surface area contributed by atoms with E-state index in [1.54, 1.807) is 29.2 Å². The smallest absolute Gasteiger partial charge is 0.272 e. The number of benzene rings is 2. The van der Waals surface area contributed by atoms with Gasteiger partial charge < -0.3 is 14.7 Å². The van der Waals surface area contributed by atoms with Crippen LogP contribution in [0.5, 0.6) is 0 Å². The van der Waals surface area contributed by atoms with Crippen LogP contribution in [0.1, 0.15) is 93.8 Å². The minimum Gasteiger partial charge on any atom is -0.342 e. The van der Waals surface area contributed by atoms with Crippen molar-refractivity contribution in [3.8, 4) is 0 Å². The molecule has 0 bridgehead atoms. The zero-order valence-corrected chi connectivity index (χ0v) is 29.4. The Hall–Kier alpha value is -4.12. The lowest BCUT2D eigenvalue weighted by Gasteiger charge is -2.38. The number of piperazine rings is 1. The standard InChI is InChI=1S/C39H51FN6O4.CH4/c1-2-16-43(25-30-11-8-17-46(26-30)36(47)24-28-9-4-3-5-10-28)27-37(48)44-18-20-45(21-19-44)39(50)33-22-29(14-15-34(33)40)23-35-31-12-6-7-13-32(31)38(49)42-41-35;/h6-7,12-15,22,28,30H,2-5,8-11,16-21,23-27H2,1H3,(H,42,49);1H4. The number of hydrogen-bond acceptors (Lipinski definition) is 6. The van der Waals surface area contributed by atoms with Gasteiger partial charge in [-0.1, -0.05) is 57.9 Å². The predicted molar refractivity (Wildman–Crippen MR) is 198 cm³/mol. The highest BCUT2D eigenvalue weighted by molar-refractivity contribution is 5.95. The van der Waals surface area contributed by atoms with Crippen molar-refractivity contribution in [3.05, 3.63) is 75.5 Å². The van der Waals surface area contributed by atoms with E-state index in [9.17, 15) is 19.2 Å². The molecule has 2 aromatic carbocycles. The van der Waals surface area contributed by atoms with E-state index >= 15 is 4.39 Å². The van der Waals surface area contributed by atoms with Crippen LogP contribution in [0, 0.1) is 17.7 Å². The van der Waals surface area contributed by atoms with Crippen LogP contribution in [0.2, 0.25) is 0 Å². The number of nitrogens with one attached hydrogen (secondary N) is 1. The van der Waals surface area contributed by atoms with Crippen LogP contribution in [0.15, 0.2) is 47.3 Å². The normalized spacial score (nSPS) is 18.6. The molecule has 3 amide bonds. The molecule has 6 rings (SSSR count). The van der Waals surface area contributed by atoms with Gasteiger partial charge in [-0.25, -0.2) is 9.49 Å². The molecular formula is C40H55FN6O4. The minimum atomic E-state index is -0.594. The SMILES string of the molecule is C.CCCN(CC(=O)N1CCN(C(=O)c2cc(Cc3n[nH]c(=O)c4ccccc34)ccc2F)CC1)CC1CCCN(C(=O)CC2CCCCC2)C1. The number of nitrogens with zero attached hydrogens (tertiary/aromatic N) is 5. The van der Waals surface area contributed by atoms with Crippen LogP contribution in [0.25, 0.3) is 10.8 Å². The maximum Gasteiger partial charge on any atom is 0.272 e. The fourth-order valence-corrected chi connectivity index (χ4v) is 8.09. The van der Waals surface area contributed by atoms with Gasteiger partial charge in [-0.3, -0.25) is 24.1 Å². The van der Waals surface area contributed by atoms with Crippen molar-refractivity contribution in [1.82, 2.24) is 29.8 Å². The van der Waals surface area contributed by atoms with Gasteiger partial charge in [0.2, 0.25) is 11.8 Å². The molecule has 10 nitrogen and oxygen atoms in total. The van der Waals surface area contributed by atoms with E-state index in [4.69, 9.17) is 0 Å². The summed E-state index contributed by atoms with van der Waals surface area (Å²) in [5, 5.41) is 8.00. The number of halogens is 1. The quantitative estimate of drug-likeness (QED) is 0.283. The number of carbonyl (C=O) groups is 3. The Balaban J connectivity index is 0.00000504. The van der Waals surface area contributed by atoms with E-state index in [0.717, 1.165) is 45.4 Å². The summed E-state index contributed by atoms with van der Waals surface area (Å²) in [7, 11) is 0. The number of fused-ring (bicyclic) bond motifs is 1. The van der Waals surface area contributed by atoms with Gasteiger partial charge in [0.15, 0.2) is 0 Å². The average molecular weight is 703 g/mol.